The second kappa shape index (κ2) is 6.08. The number of nitrogens with one attached hydrogen (secondary N) is 1. The van der Waals surface area contributed by atoms with Gasteiger partial charge in [0.15, 0.2) is 15.4 Å². The molecule has 8 heteroatoms. The van der Waals surface area contributed by atoms with Gasteiger partial charge in [-0.25, -0.2) is 8.42 Å². The molecule has 100 valence electrons. The fourth-order valence-electron chi connectivity index (χ4n) is 1.40. The number of sulfone groups is 1. The topological polar surface area (TPSA) is 118 Å². The van der Waals surface area contributed by atoms with Crippen LogP contribution >= 0.6 is 11.6 Å². The summed E-state index contributed by atoms with van der Waals surface area (Å²) in [6.45, 7) is 0. The molecule has 0 saturated carbocycles. The zero-order chi connectivity index (χ0) is 15.3. The lowest BCUT2D eigenvalue weighted by molar-refractivity contribution is 0.602. The number of allylic oxidation sites excluding steroid dienone is 2. The van der Waals surface area contributed by atoms with E-state index in [4.69, 9.17) is 27.4 Å². The summed E-state index contributed by atoms with van der Waals surface area (Å²) in [6.07, 6.45) is 0.963. The number of hydrogen-bond donors (Lipinski definition) is 1. The highest BCUT2D eigenvalue weighted by Gasteiger charge is 2.19. The van der Waals surface area contributed by atoms with Gasteiger partial charge in [0.05, 0.1) is 10.7 Å². The third-order valence-electron chi connectivity index (χ3n) is 2.18. The maximum Gasteiger partial charge on any atom is 0.179 e. The Morgan fingerprint density at radius 3 is 2.25 bits per heavy atom. The predicted octanol–water partition coefficient (Wildman–Crippen LogP) is 1.98. The van der Waals surface area contributed by atoms with Gasteiger partial charge in [0.1, 0.15) is 28.8 Å². The van der Waals surface area contributed by atoms with Gasteiger partial charge in [-0.15, -0.1) is 0 Å². The Morgan fingerprint density at radius 1 is 1.20 bits per heavy atom. The van der Waals surface area contributed by atoms with Crippen LogP contribution in [0.2, 0.25) is 5.02 Å². The average molecular weight is 307 g/mol. The standard InChI is InChI=1S/C12H7ClN4O2S/c1-20(18,19)12-9(13)3-2-4-10(12)17-11(7-16)8(5-14)6-15/h2-4,17H,1H3. The van der Waals surface area contributed by atoms with Crippen molar-refractivity contribution in [3.8, 4) is 18.2 Å². The van der Waals surface area contributed by atoms with E-state index in [0.717, 1.165) is 6.26 Å². The molecule has 0 amide bonds. The molecular formula is C12H7ClN4O2S. The van der Waals surface area contributed by atoms with Crippen molar-refractivity contribution in [2.45, 2.75) is 4.90 Å². The van der Waals surface area contributed by atoms with Crippen LogP contribution in [-0.2, 0) is 9.84 Å². The molecule has 0 spiro atoms. The predicted molar refractivity (Wildman–Crippen MR) is 72.0 cm³/mol. The van der Waals surface area contributed by atoms with Crippen molar-refractivity contribution in [1.29, 1.82) is 15.8 Å². The lowest BCUT2D eigenvalue weighted by Crippen LogP contribution is -2.07. The molecule has 1 aromatic rings. The molecule has 0 radical (unpaired) electrons. The van der Waals surface area contributed by atoms with Gasteiger partial charge in [-0.2, -0.15) is 15.8 Å². The number of nitrogens with zero attached hydrogens (tertiary/aromatic N) is 3. The number of anilines is 1. The van der Waals surface area contributed by atoms with E-state index >= 15 is 0 Å². The SMILES string of the molecule is CS(=O)(=O)c1c(Cl)cccc1NC(C#N)=C(C#N)C#N. The van der Waals surface area contributed by atoms with Crippen LogP contribution in [0.25, 0.3) is 0 Å². The first-order chi connectivity index (χ1) is 9.35. The maximum atomic E-state index is 11.7. The quantitative estimate of drug-likeness (QED) is 0.853. The summed E-state index contributed by atoms with van der Waals surface area (Å²) in [5, 5.41) is 28.8. The molecule has 0 aliphatic heterocycles. The largest absolute Gasteiger partial charge is 0.344 e. The summed E-state index contributed by atoms with van der Waals surface area (Å²) < 4.78 is 23.4. The van der Waals surface area contributed by atoms with Crippen molar-refractivity contribution >= 4 is 27.1 Å². The van der Waals surface area contributed by atoms with Gasteiger partial charge < -0.3 is 5.32 Å². The van der Waals surface area contributed by atoms with E-state index in [1.807, 2.05) is 0 Å². The third-order valence-corrected chi connectivity index (χ3v) is 3.79. The first-order valence-corrected chi connectivity index (χ1v) is 7.32. The Hall–Kier alpha value is -2.53. The Balaban J connectivity index is 3.51. The molecule has 0 aromatic heterocycles. The van der Waals surface area contributed by atoms with E-state index in [2.05, 4.69) is 5.32 Å². The molecule has 1 rings (SSSR count). The second-order valence-corrected chi connectivity index (χ2v) is 5.96. The molecule has 0 unspecified atom stereocenters. The van der Waals surface area contributed by atoms with Crippen molar-refractivity contribution < 1.29 is 8.42 Å². The fraction of sp³-hybridized carbons (Fsp3) is 0.0833. The van der Waals surface area contributed by atoms with Crippen LogP contribution in [0.1, 0.15) is 0 Å². The maximum absolute atomic E-state index is 11.7. The van der Waals surface area contributed by atoms with Crippen molar-refractivity contribution in [2.24, 2.45) is 0 Å². The molecule has 1 aromatic carbocycles. The molecule has 0 bridgehead atoms. The molecular weight excluding hydrogens is 300 g/mol. The molecule has 0 saturated heterocycles. The van der Waals surface area contributed by atoms with Crippen LogP contribution in [0, 0.1) is 34.0 Å². The molecule has 0 aliphatic rings. The third kappa shape index (κ3) is 3.27. The van der Waals surface area contributed by atoms with Crippen LogP contribution in [0.5, 0.6) is 0 Å². The van der Waals surface area contributed by atoms with Gasteiger partial charge in [0.25, 0.3) is 0 Å². The minimum Gasteiger partial charge on any atom is -0.344 e. The van der Waals surface area contributed by atoms with Crippen molar-refractivity contribution in [3.63, 3.8) is 0 Å². The van der Waals surface area contributed by atoms with Crippen LogP contribution < -0.4 is 5.32 Å². The minimum atomic E-state index is -3.65. The van der Waals surface area contributed by atoms with Gasteiger partial charge in [-0.05, 0) is 12.1 Å². The molecule has 6 nitrogen and oxygen atoms in total. The molecule has 0 heterocycles. The molecule has 20 heavy (non-hydrogen) atoms. The van der Waals surface area contributed by atoms with Gasteiger partial charge in [0.2, 0.25) is 0 Å². The summed E-state index contributed by atoms with van der Waals surface area (Å²) >= 11 is 5.84. The normalized spacial score (nSPS) is 9.75. The van der Waals surface area contributed by atoms with E-state index < -0.39 is 15.4 Å². The van der Waals surface area contributed by atoms with Crippen molar-refractivity contribution in [3.05, 3.63) is 34.5 Å². The average Bonchev–Trinajstić information content (AvgIpc) is 2.37. The first kappa shape index (κ1) is 15.5. The van der Waals surface area contributed by atoms with Crippen LogP contribution in [0.3, 0.4) is 0 Å². The van der Waals surface area contributed by atoms with Crippen LogP contribution in [-0.4, -0.2) is 14.7 Å². The van der Waals surface area contributed by atoms with E-state index in [1.165, 1.54) is 18.2 Å². The summed E-state index contributed by atoms with van der Waals surface area (Å²) in [6, 6.07) is 8.97. The number of rotatable bonds is 3. The monoisotopic (exact) mass is 306 g/mol. The van der Waals surface area contributed by atoms with Crippen LogP contribution in [0.4, 0.5) is 5.69 Å². The number of benzene rings is 1. The van der Waals surface area contributed by atoms with E-state index in [-0.39, 0.29) is 21.3 Å². The Kier molecular flexibility index (Phi) is 4.72. The van der Waals surface area contributed by atoms with E-state index in [0.29, 0.717) is 0 Å². The van der Waals surface area contributed by atoms with Crippen LogP contribution in [0.15, 0.2) is 34.4 Å². The molecule has 1 N–H and O–H groups in total. The van der Waals surface area contributed by atoms with Crippen molar-refractivity contribution in [1.82, 2.24) is 0 Å². The minimum absolute atomic E-state index is 0.0229. The van der Waals surface area contributed by atoms with Crippen molar-refractivity contribution in [2.75, 3.05) is 11.6 Å². The summed E-state index contributed by atoms with van der Waals surface area (Å²) in [4.78, 5) is -0.204. The molecule has 0 fully saturated rings. The van der Waals surface area contributed by atoms with Gasteiger partial charge in [0, 0.05) is 6.26 Å². The summed E-state index contributed by atoms with van der Waals surface area (Å²) in [7, 11) is -3.65. The molecule has 0 atom stereocenters. The highest BCUT2D eigenvalue weighted by molar-refractivity contribution is 7.91. The fourth-order valence-corrected chi connectivity index (χ4v) is 2.94. The number of nitriles is 3. The zero-order valence-corrected chi connectivity index (χ0v) is 11.7. The van der Waals surface area contributed by atoms with Gasteiger partial charge >= 0.3 is 0 Å². The van der Waals surface area contributed by atoms with E-state index in [1.54, 1.807) is 18.2 Å². The zero-order valence-electron chi connectivity index (χ0n) is 10.2. The summed E-state index contributed by atoms with van der Waals surface area (Å²) in [5.74, 6) is 0. The van der Waals surface area contributed by atoms with E-state index in [9.17, 15) is 8.42 Å². The van der Waals surface area contributed by atoms with Gasteiger partial charge in [-0.3, -0.25) is 0 Å². The highest BCUT2D eigenvalue weighted by atomic mass is 35.5. The molecule has 0 aliphatic carbocycles. The Labute approximate surface area is 121 Å². The highest BCUT2D eigenvalue weighted by Crippen LogP contribution is 2.30. The Bertz CT molecular complexity index is 791. The number of hydrogen-bond acceptors (Lipinski definition) is 6. The van der Waals surface area contributed by atoms with Gasteiger partial charge in [-0.1, -0.05) is 17.7 Å². The summed E-state index contributed by atoms with van der Waals surface area (Å²) in [5.41, 5.74) is -0.770. The lowest BCUT2D eigenvalue weighted by Gasteiger charge is -2.11. The first-order valence-electron chi connectivity index (χ1n) is 5.05. The smallest absolute Gasteiger partial charge is 0.179 e. The Morgan fingerprint density at radius 2 is 1.80 bits per heavy atom. The number of halogens is 1. The second-order valence-electron chi connectivity index (χ2n) is 3.60. The lowest BCUT2D eigenvalue weighted by atomic mass is 10.2.